The van der Waals surface area contributed by atoms with Crippen LogP contribution < -0.4 is 0 Å². The molecule has 0 N–H and O–H groups in total. The number of hydrogen-bond donors (Lipinski definition) is 0. The highest BCUT2D eigenvalue weighted by Gasteiger charge is 2.38. The summed E-state index contributed by atoms with van der Waals surface area (Å²) < 4.78 is 2.49. The molecule has 1 aliphatic carbocycles. The van der Waals surface area contributed by atoms with Gasteiger partial charge in [0.05, 0.1) is 15.9 Å². The zero-order valence-electron chi connectivity index (χ0n) is 29.6. The van der Waals surface area contributed by atoms with Crippen molar-refractivity contribution in [1.82, 2.24) is 19.5 Å². The maximum atomic E-state index is 5.01. The first kappa shape index (κ1) is 31.6. The van der Waals surface area contributed by atoms with Crippen molar-refractivity contribution in [3.63, 3.8) is 0 Å². The van der Waals surface area contributed by atoms with E-state index in [0.29, 0.717) is 17.5 Å². The van der Waals surface area contributed by atoms with E-state index >= 15 is 0 Å². The molecule has 2 aliphatic rings. The van der Waals surface area contributed by atoms with E-state index in [1.54, 1.807) is 0 Å². The molecule has 0 fully saturated rings. The van der Waals surface area contributed by atoms with Crippen LogP contribution in [0.25, 0.3) is 72.8 Å². The predicted molar refractivity (Wildman–Crippen MR) is 223 cm³/mol. The van der Waals surface area contributed by atoms with Gasteiger partial charge >= 0.3 is 0 Å². The Morgan fingerprint density at radius 2 is 1.06 bits per heavy atom. The van der Waals surface area contributed by atoms with Crippen LogP contribution in [-0.4, -0.2) is 19.5 Å². The first-order chi connectivity index (χ1) is 26.5. The van der Waals surface area contributed by atoms with E-state index in [1.165, 1.54) is 63.6 Å². The third-order valence-corrected chi connectivity index (χ3v) is 13.5. The van der Waals surface area contributed by atoms with Gasteiger partial charge in [-0.2, -0.15) is 0 Å². The Morgan fingerprint density at radius 3 is 1.72 bits per heavy atom. The summed E-state index contributed by atoms with van der Waals surface area (Å²) in [5.41, 5.74) is 11.7. The van der Waals surface area contributed by atoms with Gasteiger partial charge in [-0.3, -0.25) is 0 Å². The maximum absolute atomic E-state index is 5.01. The average molecular weight is 729 g/mol. The van der Waals surface area contributed by atoms with Crippen LogP contribution >= 0.6 is 23.5 Å². The molecule has 0 atom stereocenters. The van der Waals surface area contributed by atoms with Gasteiger partial charge in [-0.25, -0.2) is 15.0 Å². The molecule has 7 aromatic carbocycles. The molecule has 4 nitrogen and oxygen atoms in total. The van der Waals surface area contributed by atoms with Crippen molar-refractivity contribution >= 4 is 45.3 Å². The Hall–Kier alpha value is -5.95. The number of rotatable bonds is 4. The molecule has 1 aliphatic heterocycles. The van der Waals surface area contributed by atoms with Crippen LogP contribution in [0, 0.1) is 0 Å². The normalized spacial score (nSPS) is 13.7. The first-order valence-corrected chi connectivity index (χ1v) is 19.8. The van der Waals surface area contributed by atoms with E-state index in [2.05, 4.69) is 115 Å². The molecule has 0 unspecified atom stereocenters. The second kappa shape index (κ2) is 12.0. The van der Waals surface area contributed by atoms with Gasteiger partial charge in [0.2, 0.25) is 0 Å². The molecule has 0 spiro atoms. The summed E-state index contributed by atoms with van der Waals surface area (Å²) >= 11 is 3.76. The van der Waals surface area contributed by atoms with Crippen molar-refractivity contribution in [1.29, 1.82) is 0 Å². The summed E-state index contributed by atoms with van der Waals surface area (Å²) in [4.78, 5) is 20.1. The lowest BCUT2D eigenvalue weighted by Gasteiger charge is -2.22. The van der Waals surface area contributed by atoms with Crippen LogP contribution in [0.2, 0.25) is 0 Å². The lowest BCUT2D eigenvalue weighted by Crippen LogP contribution is -2.15. The second-order valence-electron chi connectivity index (χ2n) is 14.4. The summed E-state index contributed by atoms with van der Waals surface area (Å²) in [6.45, 7) is 4.77. The molecule has 2 aromatic heterocycles. The highest BCUT2D eigenvalue weighted by molar-refractivity contribution is 8.05. The summed E-state index contributed by atoms with van der Waals surface area (Å²) in [7, 11) is 0. The fourth-order valence-corrected chi connectivity index (χ4v) is 10.8. The van der Waals surface area contributed by atoms with Crippen molar-refractivity contribution < 1.29 is 0 Å². The van der Waals surface area contributed by atoms with Gasteiger partial charge in [-0.15, -0.1) is 0 Å². The zero-order valence-corrected chi connectivity index (χ0v) is 31.2. The van der Waals surface area contributed by atoms with E-state index in [4.69, 9.17) is 15.0 Å². The Balaban J connectivity index is 1.13. The number of fused-ring (bicyclic) bond motifs is 10. The third kappa shape index (κ3) is 4.76. The fraction of sp³-hybridized carbons (Fsp3) is 0.0625. The summed E-state index contributed by atoms with van der Waals surface area (Å²) in [6, 6.07) is 56.1. The van der Waals surface area contributed by atoms with E-state index in [0.717, 1.165) is 22.4 Å². The minimum Gasteiger partial charge on any atom is -0.308 e. The number of aromatic nitrogens is 4. The topological polar surface area (TPSA) is 43.6 Å². The van der Waals surface area contributed by atoms with Gasteiger partial charge in [-0.1, -0.05) is 147 Å². The Morgan fingerprint density at radius 1 is 0.481 bits per heavy atom. The summed E-state index contributed by atoms with van der Waals surface area (Å²) in [5.74, 6) is 1.96. The minimum atomic E-state index is -0.148. The van der Waals surface area contributed by atoms with Crippen molar-refractivity contribution in [2.24, 2.45) is 0 Å². The molecule has 6 heteroatoms. The van der Waals surface area contributed by atoms with Crippen LogP contribution in [-0.2, 0) is 5.41 Å². The summed E-state index contributed by atoms with van der Waals surface area (Å²) in [5, 5.41) is 2.62. The van der Waals surface area contributed by atoms with E-state index < -0.39 is 0 Å². The van der Waals surface area contributed by atoms with Crippen LogP contribution in [0.1, 0.15) is 25.0 Å². The number of nitrogens with zero attached hydrogens (tertiary/aromatic N) is 4. The van der Waals surface area contributed by atoms with E-state index in [9.17, 15) is 0 Å². The average Bonchev–Trinajstić information content (AvgIpc) is 3.69. The first-order valence-electron chi connectivity index (χ1n) is 18.2. The highest BCUT2D eigenvalue weighted by atomic mass is 32.2. The lowest BCUT2D eigenvalue weighted by atomic mass is 9.80. The standard InChI is InChI=1S/C48H32N4S2/c1-48(2)36-18-10-9-17-33(36)34-25-27-37-41(42(34)48)35-26-28-40-44(54-39-20-12-11-19-38(39)53-40)43(35)52(37)32-23-21-31(22-24-32)47-50-45(29-13-5-3-6-14-29)49-46(51-47)30-15-7-4-8-16-30/h3-28H,1-2H3. The molecule has 256 valence electrons. The second-order valence-corrected chi connectivity index (χ2v) is 16.5. The maximum Gasteiger partial charge on any atom is 0.164 e. The molecule has 0 saturated heterocycles. The summed E-state index contributed by atoms with van der Waals surface area (Å²) in [6.07, 6.45) is 0. The molecule has 9 aromatic rings. The quantitative estimate of drug-likeness (QED) is 0.180. The van der Waals surface area contributed by atoms with E-state index in [1.807, 2.05) is 84.2 Å². The van der Waals surface area contributed by atoms with Crippen LogP contribution in [0.15, 0.2) is 177 Å². The number of benzene rings is 7. The monoisotopic (exact) mass is 728 g/mol. The number of hydrogen-bond acceptors (Lipinski definition) is 5. The third-order valence-electron chi connectivity index (χ3n) is 10.9. The smallest absolute Gasteiger partial charge is 0.164 e. The predicted octanol–water partition coefficient (Wildman–Crippen LogP) is 12.9. The largest absolute Gasteiger partial charge is 0.308 e. The Bertz CT molecular complexity index is 2890. The molecule has 3 heterocycles. The minimum absolute atomic E-state index is 0.148. The van der Waals surface area contributed by atoms with Crippen LogP contribution in [0.5, 0.6) is 0 Å². The molecular formula is C48H32N4S2. The van der Waals surface area contributed by atoms with Gasteiger partial charge in [0.15, 0.2) is 17.5 Å². The SMILES string of the molecule is CC1(C)c2ccccc2-c2ccc3c(c21)c1ccc2c(c1n3-c1ccc(-c3nc(-c4ccccc4)nc(-c4ccccc4)n3)cc1)Sc1ccccc1S2. The highest BCUT2D eigenvalue weighted by Crippen LogP contribution is 2.56. The van der Waals surface area contributed by atoms with Gasteiger partial charge in [-0.05, 0) is 70.8 Å². The van der Waals surface area contributed by atoms with Gasteiger partial charge in [0.25, 0.3) is 0 Å². The molecule has 0 radical (unpaired) electrons. The van der Waals surface area contributed by atoms with Gasteiger partial charge < -0.3 is 4.57 Å². The Labute approximate surface area is 322 Å². The van der Waals surface area contributed by atoms with Crippen molar-refractivity contribution in [3.05, 3.63) is 169 Å². The van der Waals surface area contributed by atoms with Gasteiger partial charge in [0, 0.05) is 53.3 Å². The van der Waals surface area contributed by atoms with E-state index in [-0.39, 0.29) is 5.41 Å². The molecule has 0 bridgehead atoms. The molecule has 11 rings (SSSR count). The Kier molecular flexibility index (Phi) is 7.04. The zero-order chi connectivity index (χ0) is 36.0. The van der Waals surface area contributed by atoms with Crippen molar-refractivity contribution in [3.8, 4) is 51.0 Å². The molecular weight excluding hydrogens is 697 g/mol. The fourth-order valence-electron chi connectivity index (χ4n) is 8.41. The van der Waals surface area contributed by atoms with Gasteiger partial charge in [0.1, 0.15) is 0 Å². The van der Waals surface area contributed by atoms with Crippen molar-refractivity contribution in [2.75, 3.05) is 0 Å². The molecule has 0 saturated carbocycles. The lowest BCUT2D eigenvalue weighted by molar-refractivity contribution is 0.666. The van der Waals surface area contributed by atoms with Crippen LogP contribution in [0.3, 0.4) is 0 Å². The molecule has 54 heavy (non-hydrogen) atoms. The van der Waals surface area contributed by atoms with Crippen LogP contribution in [0.4, 0.5) is 0 Å². The van der Waals surface area contributed by atoms with Crippen molar-refractivity contribution in [2.45, 2.75) is 38.8 Å². The molecule has 0 amide bonds.